The van der Waals surface area contributed by atoms with Crippen LogP contribution in [0.3, 0.4) is 0 Å². The molecule has 3 heteroatoms. The van der Waals surface area contributed by atoms with E-state index in [0.717, 1.165) is 19.6 Å². The molecule has 0 unspecified atom stereocenters. The van der Waals surface area contributed by atoms with E-state index in [-0.39, 0.29) is 5.41 Å². The zero-order valence-electron chi connectivity index (χ0n) is 9.76. The zero-order valence-corrected chi connectivity index (χ0v) is 9.76. The first-order chi connectivity index (χ1) is 6.38. The summed E-state index contributed by atoms with van der Waals surface area (Å²) in [7, 11) is 0. The average molecular weight is 198 g/mol. The summed E-state index contributed by atoms with van der Waals surface area (Å²) in [5.41, 5.74) is 0.102. The molecule has 0 aliphatic carbocycles. The lowest BCUT2D eigenvalue weighted by molar-refractivity contribution is -0.134. The Hall–Kier alpha value is -0.570. The van der Waals surface area contributed by atoms with E-state index in [2.05, 4.69) is 33.0 Å². The SMILES string of the molecule is C[C@@H]1CN(C(=O)CC(C)(C)C)CCN1. The fraction of sp³-hybridized carbons (Fsp3) is 0.909. The molecule has 1 aliphatic rings. The van der Waals surface area contributed by atoms with Crippen LogP contribution in [0.4, 0.5) is 0 Å². The van der Waals surface area contributed by atoms with Gasteiger partial charge in [0.15, 0.2) is 0 Å². The Bertz CT molecular complexity index is 208. The summed E-state index contributed by atoms with van der Waals surface area (Å²) in [4.78, 5) is 13.8. The molecule has 0 aromatic rings. The zero-order chi connectivity index (χ0) is 10.8. The van der Waals surface area contributed by atoms with Crippen LogP contribution in [0.2, 0.25) is 0 Å². The van der Waals surface area contributed by atoms with Crippen LogP contribution in [0, 0.1) is 5.41 Å². The van der Waals surface area contributed by atoms with Crippen LogP contribution in [-0.4, -0.2) is 36.5 Å². The minimum absolute atomic E-state index is 0.102. The van der Waals surface area contributed by atoms with Crippen LogP contribution in [0.1, 0.15) is 34.1 Å². The Morgan fingerprint density at radius 1 is 1.50 bits per heavy atom. The third kappa shape index (κ3) is 3.66. The molecule has 82 valence electrons. The molecule has 14 heavy (non-hydrogen) atoms. The van der Waals surface area contributed by atoms with E-state index >= 15 is 0 Å². The molecule has 0 aromatic carbocycles. The van der Waals surface area contributed by atoms with Crippen LogP contribution in [0.5, 0.6) is 0 Å². The Labute approximate surface area is 86.9 Å². The van der Waals surface area contributed by atoms with Gasteiger partial charge < -0.3 is 10.2 Å². The maximum absolute atomic E-state index is 11.9. The number of hydrogen-bond donors (Lipinski definition) is 1. The van der Waals surface area contributed by atoms with Crippen molar-refractivity contribution < 1.29 is 4.79 Å². The highest BCUT2D eigenvalue weighted by Crippen LogP contribution is 2.20. The summed E-state index contributed by atoms with van der Waals surface area (Å²) in [6, 6.07) is 0.438. The van der Waals surface area contributed by atoms with E-state index in [0.29, 0.717) is 18.4 Å². The Morgan fingerprint density at radius 3 is 2.64 bits per heavy atom. The fourth-order valence-electron chi connectivity index (χ4n) is 1.72. The monoisotopic (exact) mass is 198 g/mol. The number of amides is 1. The minimum atomic E-state index is 0.102. The average Bonchev–Trinajstić information content (AvgIpc) is 2.01. The largest absolute Gasteiger partial charge is 0.340 e. The van der Waals surface area contributed by atoms with Crippen molar-refractivity contribution in [2.45, 2.75) is 40.2 Å². The molecular formula is C11H22N2O. The van der Waals surface area contributed by atoms with E-state index in [1.165, 1.54) is 0 Å². The Balaban J connectivity index is 2.44. The number of piperazine rings is 1. The molecule has 1 fully saturated rings. The maximum atomic E-state index is 11.9. The molecule has 0 bridgehead atoms. The van der Waals surface area contributed by atoms with Crippen LogP contribution < -0.4 is 5.32 Å². The summed E-state index contributed by atoms with van der Waals surface area (Å²) in [5, 5.41) is 3.34. The van der Waals surface area contributed by atoms with Crippen molar-refractivity contribution in [3.8, 4) is 0 Å². The smallest absolute Gasteiger partial charge is 0.223 e. The minimum Gasteiger partial charge on any atom is -0.340 e. The van der Waals surface area contributed by atoms with Crippen molar-refractivity contribution in [3.05, 3.63) is 0 Å². The number of nitrogens with zero attached hydrogens (tertiary/aromatic N) is 1. The third-order valence-corrected chi connectivity index (χ3v) is 2.40. The highest BCUT2D eigenvalue weighted by Gasteiger charge is 2.24. The topological polar surface area (TPSA) is 32.3 Å². The van der Waals surface area contributed by atoms with Crippen LogP contribution in [-0.2, 0) is 4.79 Å². The normalized spacial score (nSPS) is 23.7. The number of nitrogens with one attached hydrogen (secondary N) is 1. The van der Waals surface area contributed by atoms with Gasteiger partial charge in [0, 0.05) is 32.1 Å². The van der Waals surface area contributed by atoms with E-state index in [1.54, 1.807) is 0 Å². The van der Waals surface area contributed by atoms with Gasteiger partial charge in [0.1, 0.15) is 0 Å². The highest BCUT2D eigenvalue weighted by molar-refractivity contribution is 5.77. The van der Waals surface area contributed by atoms with E-state index < -0.39 is 0 Å². The van der Waals surface area contributed by atoms with E-state index in [4.69, 9.17) is 0 Å². The first kappa shape index (κ1) is 11.5. The van der Waals surface area contributed by atoms with Crippen LogP contribution in [0.15, 0.2) is 0 Å². The Morgan fingerprint density at radius 2 is 2.14 bits per heavy atom. The van der Waals surface area contributed by atoms with Gasteiger partial charge in [0.25, 0.3) is 0 Å². The standard InChI is InChI=1S/C11H22N2O/c1-9-8-13(6-5-12-9)10(14)7-11(2,3)4/h9,12H,5-8H2,1-4H3/t9-/m1/s1. The number of carbonyl (C=O) groups excluding carboxylic acids is 1. The fourth-order valence-corrected chi connectivity index (χ4v) is 1.72. The molecule has 1 N–H and O–H groups in total. The first-order valence-electron chi connectivity index (χ1n) is 5.40. The summed E-state index contributed by atoms with van der Waals surface area (Å²) in [6.45, 7) is 11.1. The number of hydrogen-bond acceptors (Lipinski definition) is 2. The molecule has 0 spiro atoms. The summed E-state index contributed by atoms with van der Waals surface area (Å²) in [6.07, 6.45) is 0.652. The lowest BCUT2D eigenvalue weighted by Crippen LogP contribution is -2.51. The van der Waals surface area contributed by atoms with Crippen LogP contribution >= 0.6 is 0 Å². The van der Waals surface area contributed by atoms with Crippen molar-refractivity contribution in [2.75, 3.05) is 19.6 Å². The van der Waals surface area contributed by atoms with Gasteiger partial charge in [-0.05, 0) is 12.3 Å². The first-order valence-corrected chi connectivity index (χ1v) is 5.40. The second-order valence-corrected chi connectivity index (χ2v) is 5.43. The molecule has 1 saturated heterocycles. The molecule has 0 aromatic heterocycles. The van der Waals surface area contributed by atoms with E-state index in [9.17, 15) is 4.79 Å². The lowest BCUT2D eigenvalue weighted by Gasteiger charge is -2.33. The van der Waals surface area contributed by atoms with Gasteiger partial charge in [0.2, 0.25) is 5.91 Å². The molecule has 1 rings (SSSR count). The molecule has 0 radical (unpaired) electrons. The van der Waals surface area contributed by atoms with Gasteiger partial charge in [-0.15, -0.1) is 0 Å². The second-order valence-electron chi connectivity index (χ2n) is 5.43. The van der Waals surface area contributed by atoms with Crippen molar-refractivity contribution in [3.63, 3.8) is 0 Å². The number of carbonyl (C=O) groups is 1. The van der Waals surface area contributed by atoms with Crippen molar-refractivity contribution in [1.82, 2.24) is 10.2 Å². The number of rotatable bonds is 1. The second kappa shape index (κ2) is 4.30. The van der Waals surface area contributed by atoms with Gasteiger partial charge in [-0.2, -0.15) is 0 Å². The quantitative estimate of drug-likeness (QED) is 0.687. The molecule has 0 saturated carbocycles. The van der Waals surface area contributed by atoms with Crippen molar-refractivity contribution >= 4 is 5.91 Å². The molecule has 1 atom stereocenters. The van der Waals surface area contributed by atoms with Gasteiger partial charge in [-0.1, -0.05) is 20.8 Å². The Kier molecular flexibility index (Phi) is 3.53. The molecule has 3 nitrogen and oxygen atoms in total. The molecule has 1 amide bonds. The summed E-state index contributed by atoms with van der Waals surface area (Å²) >= 11 is 0. The summed E-state index contributed by atoms with van der Waals surface area (Å²) < 4.78 is 0. The molecule has 1 heterocycles. The maximum Gasteiger partial charge on any atom is 0.223 e. The summed E-state index contributed by atoms with van der Waals surface area (Å²) in [5.74, 6) is 0.297. The predicted molar refractivity (Wildman–Crippen MR) is 58.1 cm³/mol. The van der Waals surface area contributed by atoms with Gasteiger partial charge in [-0.3, -0.25) is 4.79 Å². The predicted octanol–water partition coefficient (Wildman–Crippen LogP) is 1.24. The van der Waals surface area contributed by atoms with Crippen molar-refractivity contribution in [1.29, 1.82) is 0 Å². The van der Waals surface area contributed by atoms with Crippen molar-refractivity contribution in [2.24, 2.45) is 5.41 Å². The molecule has 1 aliphatic heterocycles. The lowest BCUT2D eigenvalue weighted by atomic mass is 9.91. The van der Waals surface area contributed by atoms with Gasteiger partial charge in [-0.25, -0.2) is 0 Å². The highest BCUT2D eigenvalue weighted by atomic mass is 16.2. The third-order valence-electron chi connectivity index (χ3n) is 2.40. The van der Waals surface area contributed by atoms with Gasteiger partial charge in [0.05, 0.1) is 0 Å². The van der Waals surface area contributed by atoms with Crippen LogP contribution in [0.25, 0.3) is 0 Å². The molecular weight excluding hydrogens is 176 g/mol. The van der Waals surface area contributed by atoms with E-state index in [1.807, 2.05) is 4.90 Å². The van der Waals surface area contributed by atoms with Gasteiger partial charge >= 0.3 is 0 Å².